The standard InChI is InChI=1S/C34H22O12/c1-15(35)45-17-3-5-19-31(7-17)43-13-25(33(19)41)23-11-29(39)27(37)9-21(23)22-10-28(38)30(40)12-24(22)26-14-44-32-8-18(46-16(2)36)4-6-20(32)34(26)42/h3-14,37-40H,1-2H3. The van der Waals surface area contributed by atoms with Crippen molar-refractivity contribution in [2.75, 3.05) is 0 Å². The van der Waals surface area contributed by atoms with Gasteiger partial charge in [0.05, 0.1) is 21.9 Å². The molecule has 12 nitrogen and oxygen atoms in total. The lowest BCUT2D eigenvalue weighted by Gasteiger charge is -2.16. The minimum absolute atomic E-state index is 0.0394. The molecule has 0 unspecified atom stereocenters. The lowest BCUT2D eigenvalue weighted by Crippen LogP contribution is -2.08. The minimum atomic E-state index is -0.586. The van der Waals surface area contributed by atoms with E-state index >= 15 is 0 Å². The van der Waals surface area contributed by atoms with Crippen LogP contribution in [0.2, 0.25) is 0 Å². The lowest BCUT2D eigenvalue weighted by atomic mass is 9.88. The molecule has 0 fully saturated rings. The zero-order valence-corrected chi connectivity index (χ0v) is 24.0. The maximum Gasteiger partial charge on any atom is 0.308 e. The SMILES string of the molecule is CC(=O)Oc1ccc2c(=O)c(-c3cc(O)c(O)cc3-c3cc(O)c(O)cc3-c3coc4cc(OC(C)=O)ccc4c3=O)coc2c1. The van der Waals surface area contributed by atoms with Gasteiger partial charge in [-0.25, -0.2) is 0 Å². The number of esters is 2. The maximum atomic E-state index is 13.7. The van der Waals surface area contributed by atoms with Crippen molar-refractivity contribution in [2.45, 2.75) is 13.8 Å². The van der Waals surface area contributed by atoms with Gasteiger partial charge in [0.15, 0.2) is 23.0 Å². The Kier molecular flexibility index (Phi) is 7.17. The average molecular weight is 623 g/mol. The summed E-state index contributed by atoms with van der Waals surface area (Å²) in [6, 6.07) is 12.8. The molecule has 230 valence electrons. The van der Waals surface area contributed by atoms with Gasteiger partial charge in [0.1, 0.15) is 35.2 Å². The molecule has 0 bridgehead atoms. The summed E-state index contributed by atoms with van der Waals surface area (Å²) in [5.74, 6) is -3.16. The van der Waals surface area contributed by atoms with Crippen molar-refractivity contribution in [3.63, 3.8) is 0 Å². The summed E-state index contributed by atoms with van der Waals surface area (Å²) in [6.45, 7) is 2.45. The zero-order chi connectivity index (χ0) is 32.9. The van der Waals surface area contributed by atoms with Crippen LogP contribution in [0.4, 0.5) is 0 Å². The van der Waals surface area contributed by atoms with Gasteiger partial charge in [0.25, 0.3) is 0 Å². The third-order valence-corrected chi connectivity index (χ3v) is 7.12. The van der Waals surface area contributed by atoms with E-state index in [0.717, 1.165) is 36.8 Å². The topological polar surface area (TPSA) is 194 Å². The van der Waals surface area contributed by atoms with Crippen molar-refractivity contribution in [1.82, 2.24) is 0 Å². The fraction of sp³-hybridized carbons (Fsp3) is 0.0588. The van der Waals surface area contributed by atoms with E-state index in [2.05, 4.69) is 0 Å². The molecule has 0 aliphatic rings. The van der Waals surface area contributed by atoms with E-state index in [4.69, 9.17) is 18.3 Å². The van der Waals surface area contributed by atoms with Crippen LogP contribution in [-0.4, -0.2) is 32.4 Å². The van der Waals surface area contributed by atoms with E-state index in [1.54, 1.807) is 0 Å². The lowest BCUT2D eigenvalue weighted by molar-refractivity contribution is -0.132. The predicted octanol–water partition coefficient (Wildman–Crippen LogP) is 5.57. The Morgan fingerprint density at radius 2 is 0.848 bits per heavy atom. The summed E-state index contributed by atoms with van der Waals surface area (Å²) in [5.41, 5.74) is -0.839. The molecule has 0 aliphatic carbocycles. The normalized spacial score (nSPS) is 11.1. The third-order valence-electron chi connectivity index (χ3n) is 7.12. The fourth-order valence-electron chi connectivity index (χ4n) is 5.09. The highest BCUT2D eigenvalue weighted by Gasteiger charge is 2.23. The number of hydrogen-bond donors (Lipinski definition) is 4. The van der Waals surface area contributed by atoms with Gasteiger partial charge in [0, 0.05) is 37.1 Å². The van der Waals surface area contributed by atoms with Gasteiger partial charge in [-0.2, -0.15) is 0 Å². The number of phenolic OH excluding ortho intramolecular Hbond substituents is 4. The molecule has 0 radical (unpaired) electrons. The molecule has 0 atom stereocenters. The third kappa shape index (κ3) is 5.24. The van der Waals surface area contributed by atoms with Crippen LogP contribution >= 0.6 is 0 Å². The summed E-state index contributed by atoms with van der Waals surface area (Å²) < 4.78 is 21.5. The predicted molar refractivity (Wildman–Crippen MR) is 164 cm³/mol. The monoisotopic (exact) mass is 622 g/mol. The van der Waals surface area contributed by atoms with Crippen LogP contribution < -0.4 is 20.3 Å². The van der Waals surface area contributed by atoms with E-state index in [0.29, 0.717) is 0 Å². The molecular formula is C34H22O12. The molecule has 2 heterocycles. The number of carbonyl (C=O) groups is 2. The van der Waals surface area contributed by atoms with Gasteiger partial charge >= 0.3 is 11.9 Å². The van der Waals surface area contributed by atoms with Crippen molar-refractivity contribution < 1.29 is 48.3 Å². The molecule has 4 aromatic carbocycles. The van der Waals surface area contributed by atoms with Crippen LogP contribution in [0.3, 0.4) is 0 Å². The summed E-state index contributed by atoms with van der Waals surface area (Å²) >= 11 is 0. The number of ether oxygens (including phenoxy) is 2. The fourth-order valence-corrected chi connectivity index (χ4v) is 5.09. The van der Waals surface area contributed by atoms with Crippen LogP contribution in [0.5, 0.6) is 34.5 Å². The van der Waals surface area contributed by atoms with Crippen molar-refractivity contribution in [2.24, 2.45) is 0 Å². The van der Waals surface area contributed by atoms with Gasteiger partial charge in [-0.1, -0.05) is 0 Å². The highest BCUT2D eigenvalue weighted by Crippen LogP contribution is 2.45. The zero-order valence-electron chi connectivity index (χ0n) is 24.0. The molecular weight excluding hydrogens is 600 g/mol. The average Bonchev–Trinajstić information content (AvgIpc) is 2.99. The Bertz CT molecular complexity index is 2200. The summed E-state index contributed by atoms with van der Waals surface area (Å²) in [4.78, 5) is 50.2. The van der Waals surface area contributed by atoms with E-state index in [9.17, 15) is 39.6 Å². The van der Waals surface area contributed by atoms with E-state index < -0.39 is 45.8 Å². The van der Waals surface area contributed by atoms with E-state index in [1.807, 2.05) is 0 Å². The van der Waals surface area contributed by atoms with Crippen LogP contribution in [0.25, 0.3) is 55.3 Å². The quantitative estimate of drug-likeness (QED) is 0.106. The summed E-state index contributed by atoms with van der Waals surface area (Å²) in [6.07, 6.45) is 2.23. The number of benzene rings is 4. The molecule has 0 spiro atoms. The highest BCUT2D eigenvalue weighted by molar-refractivity contribution is 5.96. The van der Waals surface area contributed by atoms with Gasteiger partial charge in [-0.3, -0.25) is 19.2 Å². The molecule has 46 heavy (non-hydrogen) atoms. The van der Waals surface area contributed by atoms with Crippen LogP contribution in [0, 0.1) is 0 Å². The largest absolute Gasteiger partial charge is 0.504 e. The number of aromatic hydroxyl groups is 4. The first-order chi connectivity index (χ1) is 21.9. The molecule has 0 amide bonds. The Morgan fingerprint density at radius 1 is 0.522 bits per heavy atom. The molecule has 2 aromatic heterocycles. The van der Waals surface area contributed by atoms with E-state index in [1.165, 1.54) is 50.2 Å². The molecule has 12 heteroatoms. The Morgan fingerprint density at radius 3 is 1.17 bits per heavy atom. The molecule has 4 N–H and O–H groups in total. The van der Waals surface area contributed by atoms with Crippen LogP contribution in [0.1, 0.15) is 13.8 Å². The highest BCUT2D eigenvalue weighted by atomic mass is 16.5. The number of fused-ring (bicyclic) bond motifs is 2. The Hall–Kier alpha value is -6.56. The van der Waals surface area contributed by atoms with Crippen molar-refractivity contribution in [3.8, 4) is 67.9 Å². The van der Waals surface area contributed by atoms with Gasteiger partial charge in [-0.05, 0) is 59.7 Å². The number of hydrogen-bond acceptors (Lipinski definition) is 12. The van der Waals surface area contributed by atoms with Crippen molar-refractivity contribution in [1.29, 1.82) is 0 Å². The summed E-state index contributed by atoms with van der Waals surface area (Å²) in [7, 11) is 0. The van der Waals surface area contributed by atoms with Gasteiger partial charge < -0.3 is 38.7 Å². The number of carbonyl (C=O) groups excluding carboxylic acids is 2. The molecule has 0 saturated heterocycles. The van der Waals surface area contributed by atoms with Crippen LogP contribution in [0.15, 0.2) is 91.6 Å². The molecule has 6 rings (SSSR count). The van der Waals surface area contributed by atoms with Crippen LogP contribution in [-0.2, 0) is 9.59 Å². The Balaban J connectivity index is 1.58. The molecule has 0 aliphatic heterocycles. The first-order valence-corrected chi connectivity index (χ1v) is 13.5. The van der Waals surface area contributed by atoms with Crippen molar-refractivity contribution >= 4 is 33.9 Å². The first-order valence-electron chi connectivity index (χ1n) is 13.5. The molecule has 6 aromatic rings. The number of rotatable bonds is 5. The first kappa shape index (κ1) is 29.5. The molecule has 0 saturated carbocycles. The summed E-state index contributed by atoms with van der Waals surface area (Å²) in [5, 5.41) is 42.2. The van der Waals surface area contributed by atoms with Gasteiger partial charge in [0.2, 0.25) is 10.9 Å². The van der Waals surface area contributed by atoms with Crippen molar-refractivity contribution in [3.05, 3.63) is 93.6 Å². The smallest absolute Gasteiger partial charge is 0.308 e. The second kappa shape index (κ2) is 11.2. The minimum Gasteiger partial charge on any atom is -0.504 e. The second-order valence-corrected chi connectivity index (χ2v) is 10.2. The van der Waals surface area contributed by atoms with E-state index in [-0.39, 0.29) is 66.8 Å². The Labute approximate surface area is 257 Å². The number of phenols is 4. The second-order valence-electron chi connectivity index (χ2n) is 10.2. The van der Waals surface area contributed by atoms with Gasteiger partial charge in [-0.15, -0.1) is 0 Å². The maximum absolute atomic E-state index is 13.7.